The Kier molecular flexibility index (Phi) is 3.94. The maximum Gasteiger partial charge on any atom is 0.303 e. The van der Waals surface area contributed by atoms with Gasteiger partial charge < -0.3 is 10.4 Å². The number of aliphatic carboxylic acids is 1. The van der Waals surface area contributed by atoms with Gasteiger partial charge in [0.15, 0.2) is 0 Å². The van der Waals surface area contributed by atoms with E-state index in [2.05, 4.69) is 19.2 Å². The van der Waals surface area contributed by atoms with Crippen molar-refractivity contribution in [2.45, 2.75) is 40.0 Å². The van der Waals surface area contributed by atoms with Gasteiger partial charge in [-0.05, 0) is 17.8 Å². The molecule has 0 spiro atoms. The zero-order valence-electron chi connectivity index (χ0n) is 10.2. The topological polar surface area (TPSA) is 66.4 Å². The molecule has 92 valence electrons. The molecule has 4 heteroatoms. The maximum absolute atomic E-state index is 11.7. The number of rotatable bonds is 6. The molecule has 0 bridgehead atoms. The Morgan fingerprint density at radius 3 is 2.44 bits per heavy atom. The molecule has 1 rings (SSSR count). The predicted octanol–water partition coefficient (Wildman–Crippen LogP) is 1.65. The van der Waals surface area contributed by atoms with E-state index in [9.17, 15) is 9.59 Å². The summed E-state index contributed by atoms with van der Waals surface area (Å²) in [6, 6.07) is 0. The highest BCUT2D eigenvalue weighted by molar-refractivity contribution is 5.82. The van der Waals surface area contributed by atoms with Gasteiger partial charge >= 0.3 is 5.97 Å². The maximum atomic E-state index is 11.7. The van der Waals surface area contributed by atoms with Gasteiger partial charge in [0.2, 0.25) is 5.91 Å². The van der Waals surface area contributed by atoms with Crippen molar-refractivity contribution in [3.63, 3.8) is 0 Å². The zero-order valence-corrected chi connectivity index (χ0v) is 10.2. The van der Waals surface area contributed by atoms with Crippen LogP contribution in [0.15, 0.2) is 0 Å². The molecule has 0 heterocycles. The Labute approximate surface area is 96.4 Å². The van der Waals surface area contributed by atoms with Crippen molar-refractivity contribution in [2.24, 2.45) is 17.3 Å². The van der Waals surface area contributed by atoms with Crippen molar-refractivity contribution in [2.75, 3.05) is 6.54 Å². The number of nitrogens with one attached hydrogen (secondary N) is 1. The molecular weight excluding hydrogens is 206 g/mol. The summed E-state index contributed by atoms with van der Waals surface area (Å²) >= 11 is 0. The van der Waals surface area contributed by atoms with Crippen LogP contribution in [0, 0.1) is 17.3 Å². The second-order valence-corrected chi connectivity index (χ2v) is 5.36. The third-order valence-electron chi connectivity index (χ3n) is 3.44. The largest absolute Gasteiger partial charge is 0.481 e. The van der Waals surface area contributed by atoms with E-state index >= 15 is 0 Å². The van der Waals surface area contributed by atoms with Crippen LogP contribution < -0.4 is 5.32 Å². The molecule has 1 fully saturated rings. The van der Waals surface area contributed by atoms with Gasteiger partial charge in [0.05, 0.1) is 0 Å². The Balaban J connectivity index is 2.28. The van der Waals surface area contributed by atoms with Crippen molar-refractivity contribution in [1.29, 1.82) is 0 Å². The van der Waals surface area contributed by atoms with Gasteiger partial charge in [-0.2, -0.15) is 0 Å². The van der Waals surface area contributed by atoms with Gasteiger partial charge in [-0.25, -0.2) is 0 Å². The van der Waals surface area contributed by atoms with Crippen LogP contribution >= 0.6 is 0 Å². The van der Waals surface area contributed by atoms with Crippen molar-refractivity contribution in [1.82, 2.24) is 5.32 Å². The Hall–Kier alpha value is -1.06. The van der Waals surface area contributed by atoms with E-state index in [4.69, 9.17) is 5.11 Å². The first kappa shape index (κ1) is 13.0. The van der Waals surface area contributed by atoms with Crippen LogP contribution in [0.2, 0.25) is 0 Å². The first-order valence-electron chi connectivity index (χ1n) is 5.86. The van der Waals surface area contributed by atoms with Crippen molar-refractivity contribution in [3.05, 3.63) is 0 Å². The fraction of sp³-hybridized carbons (Fsp3) is 0.833. The molecule has 1 aliphatic rings. The number of hydrogen-bond acceptors (Lipinski definition) is 2. The lowest BCUT2D eigenvalue weighted by Crippen LogP contribution is -2.32. The van der Waals surface area contributed by atoms with Gasteiger partial charge in [-0.1, -0.05) is 27.2 Å². The van der Waals surface area contributed by atoms with E-state index in [0.717, 1.165) is 12.8 Å². The van der Waals surface area contributed by atoms with Crippen LogP contribution in [0.3, 0.4) is 0 Å². The second kappa shape index (κ2) is 4.85. The van der Waals surface area contributed by atoms with E-state index < -0.39 is 5.97 Å². The average molecular weight is 227 g/mol. The number of carboxylic acid groups (broad SMARTS) is 1. The molecule has 1 saturated carbocycles. The summed E-state index contributed by atoms with van der Waals surface area (Å²) in [5.41, 5.74) is 0.137. The van der Waals surface area contributed by atoms with Gasteiger partial charge in [-0.3, -0.25) is 9.59 Å². The summed E-state index contributed by atoms with van der Waals surface area (Å²) in [7, 11) is 0. The lowest BCUT2D eigenvalue weighted by atomic mass is 10.0. The molecule has 0 aromatic rings. The summed E-state index contributed by atoms with van der Waals surface area (Å²) in [5, 5.41) is 11.5. The Morgan fingerprint density at radius 2 is 2.06 bits per heavy atom. The van der Waals surface area contributed by atoms with Crippen LogP contribution in [0.4, 0.5) is 0 Å². The van der Waals surface area contributed by atoms with Crippen LogP contribution in [0.25, 0.3) is 0 Å². The van der Waals surface area contributed by atoms with Crippen LogP contribution in [-0.4, -0.2) is 23.5 Å². The smallest absolute Gasteiger partial charge is 0.303 e. The third kappa shape index (κ3) is 3.51. The second-order valence-electron chi connectivity index (χ2n) is 5.36. The Morgan fingerprint density at radius 1 is 1.50 bits per heavy atom. The monoisotopic (exact) mass is 227 g/mol. The van der Waals surface area contributed by atoms with Crippen molar-refractivity contribution < 1.29 is 14.7 Å². The van der Waals surface area contributed by atoms with E-state index in [1.54, 1.807) is 0 Å². The number of hydrogen-bond donors (Lipinski definition) is 2. The molecule has 2 N–H and O–H groups in total. The Bertz CT molecular complexity index is 286. The van der Waals surface area contributed by atoms with Crippen LogP contribution in [0.5, 0.6) is 0 Å². The fourth-order valence-electron chi connectivity index (χ4n) is 1.89. The predicted molar refractivity (Wildman–Crippen MR) is 60.9 cm³/mol. The van der Waals surface area contributed by atoms with E-state index in [0.29, 0.717) is 6.54 Å². The number of carbonyl (C=O) groups is 2. The van der Waals surface area contributed by atoms with Crippen molar-refractivity contribution >= 4 is 11.9 Å². The molecule has 1 aliphatic carbocycles. The number of carboxylic acids is 1. The van der Waals surface area contributed by atoms with Gasteiger partial charge in [0.25, 0.3) is 0 Å². The molecule has 2 unspecified atom stereocenters. The van der Waals surface area contributed by atoms with Gasteiger partial charge in [0, 0.05) is 18.9 Å². The fourth-order valence-corrected chi connectivity index (χ4v) is 1.89. The van der Waals surface area contributed by atoms with E-state index in [1.165, 1.54) is 0 Å². The zero-order chi connectivity index (χ0) is 12.3. The molecule has 0 aromatic heterocycles. The quantitative estimate of drug-likeness (QED) is 0.725. The van der Waals surface area contributed by atoms with Gasteiger partial charge in [0.1, 0.15) is 0 Å². The molecule has 0 aliphatic heterocycles. The normalized spacial score (nSPS) is 23.6. The van der Waals surface area contributed by atoms with Crippen LogP contribution in [-0.2, 0) is 9.59 Å². The highest BCUT2D eigenvalue weighted by Gasteiger charge is 2.50. The summed E-state index contributed by atoms with van der Waals surface area (Å²) < 4.78 is 0. The number of amides is 1. The summed E-state index contributed by atoms with van der Waals surface area (Å²) in [5.74, 6) is -0.556. The minimum atomic E-state index is -0.798. The molecular formula is C12H21NO3. The summed E-state index contributed by atoms with van der Waals surface area (Å²) in [4.78, 5) is 22.2. The average Bonchev–Trinajstić information content (AvgIpc) is 2.81. The van der Waals surface area contributed by atoms with Gasteiger partial charge in [-0.15, -0.1) is 0 Å². The van der Waals surface area contributed by atoms with E-state index in [-0.39, 0.29) is 29.6 Å². The lowest BCUT2D eigenvalue weighted by Gasteiger charge is -2.13. The standard InChI is InChI=1S/C12H21NO3/c1-4-8(5-10(14)15)7-13-11(16)9-6-12(9,2)3/h8-9H,4-7H2,1-3H3,(H,13,16)(H,14,15). The number of carbonyl (C=O) groups excluding carboxylic acids is 1. The third-order valence-corrected chi connectivity index (χ3v) is 3.44. The minimum Gasteiger partial charge on any atom is -0.481 e. The minimum absolute atomic E-state index is 0.0447. The highest BCUT2D eigenvalue weighted by atomic mass is 16.4. The molecule has 0 aromatic carbocycles. The lowest BCUT2D eigenvalue weighted by molar-refractivity contribution is -0.138. The first-order chi connectivity index (χ1) is 7.36. The molecule has 4 nitrogen and oxygen atoms in total. The molecule has 0 radical (unpaired) electrons. The van der Waals surface area contributed by atoms with Crippen molar-refractivity contribution in [3.8, 4) is 0 Å². The molecule has 2 atom stereocenters. The van der Waals surface area contributed by atoms with E-state index in [1.807, 2.05) is 6.92 Å². The molecule has 0 saturated heterocycles. The molecule has 1 amide bonds. The summed E-state index contributed by atoms with van der Waals surface area (Å²) in [6.45, 7) is 6.58. The SMILES string of the molecule is CCC(CNC(=O)C1CC1(C)C)CC(=O)O. The highest BCUT2D eigenvalue weighted by Crippen LogP contribution is 2.51. The first-order valence-corrected chi connectivity index (χ1v) is 5.86. The molecule has 16 heavy (non-hydrogen) atoms. The van der Waals surface area contributed by atoms with Crippen LogP contribution in [0.1, 0.15) is 40.0 Å². The summed E-state index contributed by atoms with van der Waals surface area (Å²) in [6.07, 6.45) is 1.85.